The zero-order valence-electron chi connectivity index (χ0n) is 5.14. The maximum Gasteiger partial charge on any atom is 0.144 e. The van der Waals surface area contributed by atoms with Gasteiger partial charge in [0, 0.05) is 12.8 Å². The quantitative estimate of drug-likeness (QED) is 0.354. The van der Waals surface area contributed by atoms with E-state index >= 15 is 0 Å². The van der Waals surface area contributed by atoms with Crippen molar-refractivity contribution in [3.63, 3.8) is 0 Å². The lowest BCUT2D eigenvalue weighted by Gasteiger charge is -2.08. The Hall–Kier alpha value is -0.920. The Morgan fingerprint density at radius 1 is 1.00 bits per heavy atom. The first-order valence-corrected chi connectivity index (χ1v) is 2.88. The van der Waals surface area contributed by atoms with E-state index in [-0.39, 0.29) is 18.0 Å². The molecule has 0 spiro atoms. The summed E-state index contributed by atoms with van der Waals surface area (Å²) >= 11 is 0. The molecule has 0 unspecified atom stereocenters. The second-order valence-electron chi connectivity index (χ2n) is 2.36. The van der Waals surface area contributed by atoms with Crippen molar-refractivity contribution in [3.8, 4) is 0 Å². The maximum absolute atomic E-state index is 10.6. The monoisotopic (exact) mass is 124 g/mol. The molecule has 0 amide bonds. The summed E-state index contributed by atoms with van der Waals surface area (Å²) in [6, 6.07) is 0. The molecule has 2 heteroatoms. The number of allylic oxidation sites excluding steroid dienone is 1. The molecule has 0 N–H and O–H groups in total. The molecule has 0 aliphatic heterocycles. The van der Waals surface area contributed by atoms with E-state index < -0.39 is 0 Å². The van der Waals surface area contributed by atoms with Crippen molar-refractivity contribution in [3.05, 3.63) is 12.2 Å². The minimum atomic E-state index is 0.0104. The van der Waals surface area contributed by atoms with Crippen LogP contribution in [0.2, 0.25) is 0 Å². The number of hydrogen-bond acceptors (Lipinski definition) is 2. The lowest BCUT2D eigenvalue weighted by atomic mass is 9.94. The van der Waals surface area contributed by atoms with E-state index in [1.165, 1.54) is 0 Å². The Labute approximate surface area is 53.6 Å². The van der Waals surface area contributed by atoms with Crippen molar-refractivity contribution in [2.24, 2.45) is 0 Å². The zero-order valence-corrected chi connectivity index (χ0v) is 5.14. The van der Waals surface area contributed by atoms with E-state index in [2.05, 4.69) is 6.58 Å². The predicted molar refractivity (Wildman–Crippen MR) is 33.0 cm³/mol. The van der Waals surface area contributed by atoms with Gasteiger partial charge in [-0.2, -0.15) is 0 Å². The van der Waals surface area contributed by atoms with Gasteiger partial charge in [-0.05, 0) is 0 Å². The fraction of sp³-hybridized carbons (Fsp3) is 0.429. The number of ketones is 2. The zero-order chi connectivity index (χ0) is 6.85. The average Bonchev–Trinajstić information content (AvgIpc) is 1.59. The number of carbonyl (C=O) groups is 2. The summed E-state index contributed by atoms with van der Waals surface area (Å²) in [7, 11) is 0. The average molecular weight is 124 g/mol. The lowest BCUT2D eigenvalue weighted by molar-refractivity contribution is -0.127. The highest BCUT2D eigenvalue weighted by atomic mass is 16.1. The van der Waals surface area contributed by atoms with E-state index in [0.29, 0.717) is 12.8 Å². The second-order valence-corrected chi connectivity index (χ2v) is 2.36. The Kier molecular flexibility index (Phi) is 1.47. The summed E-state index contributed by atoms with van der Waals surface area (Å²) in [5, 5.41) is 0. The first-order chi connectivity index (χ1) is 4.18. The molecule has 9 heavy (non-hydrogen) atoms. The molecule has 2 nitrogen and oxygen atoms in total. The van der Waals surface area contributed by atoms with Crippen LogP contribution in [0.3, 0.4) is 0 Å². The molecule has 0 aromatic rings. The summed E-state index contributed by atoms with van der Waals surface area (Å²) in [4.78, 5) is 21.2. The fourth-order valence-electron chi connectivity index (χ4n) is 0.965. The van der Waals surface area contributed by atoms with Gasteiger partial charge in [0.15, 0.2) is 0 Å². The van der Waals surface area contributed by atoms with Gasteiger partial charge in [-0.25, -0.2) is 0 Å². The van der Waals surface area contributed by atoms with Crippen molar-refractivity contribution in [2.45, 2.75) is 19.3 Å². The third kappa shape index (κ3) is 1.49. The summed E-state index contributed by atoms with van der Waals surface area (Å²) in [6.45, 7) is 3.57. The molecule has 0 radical (unpaired) electrons. The molecule has 1 saturated carbocycles. The van der Waals surface area contributed by atoms with Gasteiger partial charge in [0.25, 0.3) is 0 Å². The molecule has 0 aromatic carbocycles. The minimum absolute atomic E-state index is 0.0104. The molecule has 0 atom stereocenters. The first-order valence-electron chi connectivity index (χ1n) is 2.88. The molecule has 0 heterocycles. The van der Waals surface area contributed by atoms with Crippen LogP contribution in [0.5, 0.6) is 0 Å². The highest BCUT2D eigenvalue weighted by Crippen LogP contribution is 2.14. The van der Waals surface area contributed by atoms with Gasteiger partial charge in [0.2, 0.25) is 0 Å². The van der Waals surface area contributed by atoms with Crippen LogP contribution >= 0.6 is 0 Å². The third-order valence-corrected chi connectivity index (χ3v) is 1.29. The molecule has 1 rings (SSSR count). The van der Waals surface area contributed by atoms with Crippen molar-refractivity contribution in [1.29, 1.82) is 0 Å². The SMILES string of the molecule is C=C1CC(=O)CC(=O)C1. The van der Waals surface area contributed by atoms with Crippen LogP contribution in [0.4, 0.5) is 0 Å². The molecule has 0 aromatic heterocycles. The molecule has 1 fully saturated rings. The van der Waals surface area contributed by atoms with Crippen LogP contribution in [-0.2, 0) is 9.59 Å². The Balaban J connectivity index is 2.64. The predicted octanol–water partition coefficient (Wildman–Crippen LogP) is 0.865. The van der Waals surface area contributed by atoms with Crippen LogP contribution in [0, 0.1) is 0 Å². The van der Waals surface area contributed by atoms with Gasteiger partial charge in [0.1, 0.15) is 11.6 Å². The summed E-state index contributed by atoms with van der Waals surface area (Å²) in [6.07, 6.45) is 0.941. The van der Waals surface area contributed by atoms with Crippen LogP contribution in [0.1, 0.15) is 19.3 Å². The summed E-state index contributed by atoms with van der Waals surface area (Å²) < 4.78 is 0. The van der Waals surface area contributed by atoms with Gasteiger partial charge in [0.05, 0.1) is 6.42 Å². The van der Waals surface area contributed by atoms with E-state index in [4.69, 9.17) is 0 Å². The van der Waals surface area contributed by atoms with Gasteiger partial charge in [-0.1, -0.05) is 12.2 Å². The van der Waals surface area contributed by atoms with Crippen LogP contribution in [-0.4, -0.2) is 11.6 Å². The number of carbonyl (C=O) groups excluding carboxylic acids is 2. The van der Waals surface area contributed by atoms with Crippen LogP contribution < -0.4 is 0 Å². The Morgan fingerprint density at radius 3 is 1.78 bits per heavy atom. The molecule has 1 aliphatic rings. The van der Waals surface area contributed by atoms with E-state index in [1.54, 1.807) is 0 Å². The molecule has 0 saturated heterocycles. The van der Waals surface area contributed by atoms with Crippen LogP contribution in [0.25, 0.3) is 0 Å². The molecular weight excluding hydrogens is 116 g/mol. The number of rotatable bonds is 0. The largest absolute Gasteiger partial charge is 0.299 e. The third-order valence-electron chi connectivity index (χ3n) is 1.29. The van der Waals surface area contributed by atoms with Gasteiger partial charge in [-0.15, -0.1) is 0 Å². The normalized spacial score (nSPS) is 20.7. The fourth-order valence-corrected chi connectivity index (χ4v) is 0.965. The second kappa shape index (κ2) is 2.13. The topological polar surface area (TPSA) is 34.1 Å². The Morgan fingerprint density at radius 2 is 1.44 bits per heavy atom. The van der Waals surface area contributed by atoms with E-state index in [1.807, 2.05) is 0 Å². The molecule has 48 valence electrons. The van der Waals surface area contributed by atoms with Crippen molar-refractivity contribution in [1.82, 2.24) is 0 Å². The molecular formula is C7H8O2. The first kappa shape index (κ1) is 6.20. The van der Waals surface area contributed by atoms with Crippen molar-refractivity contribution >= 4 is 11.6 Å². The summed E-state index contributed by atoms with van der Waals surface area (Å²) in [5.74, 6) is 0.0208. The van der Waals surface area contributed by atoms with E-state index in [0.717, 1.165) is 5.57 Å². The van der Waals surface area contributed by atoms with Gasteiger partial charge >= 0.3 is 0 Å². The number of hydrogen-bond donors (Lipinski definition) is 0. The van der Waals surface area contributed by atoms with Gasteiger partial charge in [-0.3, -0.25) is 9.59 Å². The molecule has 0 bridgehead atoms. The van der Waals surface area contributed by atoms with E-state index in [9.17, 15) is 9.59 Å². The number of Topliss-reactive ketones (excluding diaryl/α,β-unsaturated/α-hetero) is 2. The standard InChI is InChI=1S/C7H8O2/c1-5-2-6(8)4-7(9)3-5/h1-4H2. The maximum atomic E-state index is 10.6. The van der Waals surface area contributed by atoms with Gasteiger partial charge < -0.3 is 0 Å². The highest BCUT2D eigenvalue weighted by Gasteiger charge is 2.17. The van der Waals surface area contributed by atoms with Crippen LogP contribution in [0.15, 0.2) is 12.2 Å². The minimum Gasteiger partial charge on any atom is -0.299 e. The molecule has 1 aliphatic carbocycles. The lowest BCUT2D eigenvalue weighted by Crippen LogP contribution is -2.15. The smallest absolute Gasteiger partial charge is 0.144 e. The highest BCUT2D eigenvalue weighted by molar-refractivity contribution is 6.03. The summed E-state index contributed by atoms with van der Waals surface area (Å²) in [5.41, 5.74) is 0.760. The van der Waals surface area contributed by atoms with Crippen molar-refractivity contribution < 1.29 is 9.59 Å². The Bertz CT molecular complexity index is 134. The van der Waals surface area contributed by atoms with Crippen molar-refractivity contribution in [2.75, 3.05) is 0 Å².